The number of benzene rings is 2. The summed E-state index contributed by atoms with van der Waals surface area (Å²) in [6.07, 6.45) is 6.13. The molecule has 2 fully saturated rings. The number of halogens is 5. The molecule has 0 bridgehead atoms. The van der Waals surface area contributed by atoms with Gasteiger partial charge in [0.05, 0.1) is 31.9 Å². The third-order valence-electron chi connectivity index (χ3n) is 9.47. The summed E-state index contributed by atoms with van der Waals surface area (Å²) in [5.74, 6) is -6.67. The number of aromatic nitrogens is 5. The second-order valence-corrected chi connectivity index (χ2v) is 18.0. The van der Waals surface area contributed by atoms with Crippen molar-refractivity contribution in [2.75, 3.05) is 26.4 Å². The van der Waals surface area contributed by atoms with Gasteiger partial charge in [0.15, 0.2) is 17.9 Å². The van der Waals surface area contributed by atoms with Gasteiger partial charge < -0.3 is 18.6 Å². The summed E-state index contributed by atoms with van der Waals surface area (Å²) in [6.45, 7) is 4.75. The third kappa shape index (κ3) is 8.67. The van der Waals surface area contributed by atoms with Crippen molar-refractivity contribution in [1.29, 1.82) is 0 Å². The molecular weight excluding hydrogens is 778 g/mol. The third-order valence-corrected chi connectivity index (χ3v) is 12.5. The molecule has 3 aromatic heterocycles. The van der Waals surface area contributed by atoms with Crippen molar-refractivity contribution in [3.05, 3.63) is 72.1 Å². The molecule has 2 aromatic carbocycles. The Morgan fingerprint density at radius 1 is 0.759 bits per heavy atom. The zero-order valence-electron chi connectivity index (χ0n) is 29.3. The maximum Gasteiger partial charge on any atom is 0.302 e. The van der Waals surface area contributed by atoms with Gasteiger partial charge in [0.25, 0.3) is 19.1 Å². The number of hydrogen-bond donors (Lipinski definition) is 0. The van der Waals surface area contributed by atoms with E-state index in [1.54, 1.807) is 0 Å². The number of imidazole rings is 2. The molecule has 0 radical (unpaired) electrons. The molecule has 12 nitrogen and oxygen atoms in total. The number of nitrogens with zero attached hydrogens (tertiary/aromatic N) is 5. The molecule has 0 amide bonds. The zero-order chi connectivity index (χ0) is 39.1. The van der Waals surface area contributed by atoms with Crippen LogP contribution in [0.2, 0.25) is 0 Å². The van der Waals surface area contributed by atoms with E-state index in [4.69, 9.17) is 20.2 Å². The zero-order valence-corrected chi connectivity index (χ0v) is 31.7. The van der Waals surface area contributed by atoms with Crippen molar-refractivity contribution in [3.63, 3.8) is 0 Å². The number of carbonyl (C=O) groups is 1. The summed E-state index contributed by atoms with van der Waals surface area (Å²) in [5.41, 5.74) is 1.52. The minimum absolute atomic E-state index is 0.0928. The maximum absolute atomic E-state index is 14.3. The van der Waals surface area contributed by atoms with Crippen LogP contribution in [-0.2, 0) is 53.5 Å². The molecule has 0 saturated carbocycles. The Kier molecular flexibility index (Phi) is 11.3. The number of aldehydes is 1. The number of carbonyl (C=O) groups excluding carboxylic acids is 1. The van der Waals surface area contributed by atoms with Crippen LogP contribution in [-0.4, -0.2) is 72.6 Å². The predicted octanol–water partition coefficient (Wildman–Crippen LogP) is 6.93. The number of rotatable bonds is 10. The van der Waals surface area contributed by atoms with Crippen molar-refractivity contribution in [2.45, 2.75) is 74.3 Å². The Morgan fingerprint density at radius 3 is 1.61 bits per heavy atom. The summed E-state index contributed by atoms with van der Waals surface area (Å²) < 4.78 is 120. The highest BCUT2D eigenvalue weighted by atomic mass is 35.7. The lowest BCUT2D eigenvalue weighted by molar-refractivity contribution is 0.00156. The summed E-state index contributed by atoms with van der Waals surface area (Å²) >= 11 is 0. The molecule has 2 saturated heterocycles. The molecular formula is C35H38ClF4N5O7S2. The average molecular weight is 816 g/mol. The van der Waals surface area contributed by atoms with Crippen molar-refractivity contribution in [2.24, 2.45) is 11.8 Å². The molecule has 2 aliphatic rings. The normalized spacial score (nSPS) is 16.8. The lowest BCUT2D eigenvalue weighted by atomic mass is 10.00. The first kappa shape index (κ1) is 39.8. The van der Waals surface area contributed by atoms with E-state index in [0.717, 1.165) is 43.5 Å². The Morgan fingerprint density at radius 2 is 1.20 bits per heavy atom. The van der Waals surface area contributed by atoms with E-state index >= 15 is 0 Å². The van der Waals surface area contributed by atoms with Crippen LogP contribution >= 0.6 is 10.7 Å². The smallest absolute Gasteiger partial charge is 0.302 e. The van der Waals surface area contributed by atoms with Crippen LogP contribution in [0.3, 0.4) is 0 Å². The molecule has 2 aliphatic heterocycles. The predicted molar refractivity (Wildman–Crippen MR) is 191 cm³/mol. The van der Waals surface area contributed by atoms with Crippen molar-refractivity contribution in [3.8, 4) is 0 Å². The van der Waals surface area contributed by atoms with Crippen LogP contribution in [0.4, 0.5) is 17.6 Å². The first-order valence-electron chi connectivity index (χ1n) is 17.1. The van der Waals surface area contributed by atoms with Crippen molar-refractivity contribution in [1.82, 2.24) is 23.1 Å². The highest BCUT2D eigenvalue weighted by Gasteiger charge is 2.35. The molecule has 0 unspecified atom stereocenters. The Hall–Kier alpha value is -3.84. The van der Waals surface area contributed by atoms with Gasteiger partial charge >= 0.3 is 11.8 Å². The highest BCUT2D eigenvalue weighted by molar-refractivity contribution is 8.13. The summed E-state index contributed by atoms with van der Waals surface area (Å²) in [6, 6.07) is 9.57. The lowest BCUT2D eigenvalue weighted by Crippen LogP contribution is -2.24. The minimum Gasteiger partial charge on any atom is -0.381 e. The van der Waals surface area contributed by atoms with E-state index in [2.05, 4.69) is 9.97 Å². The topological polar surface area (TPSA) is 144 Å². The van der Waals surface area contributed by atoms with Gasteiger partial charge in [-0.15, -0.1) is 0 Å². The van der Waals surface area contributed by atoms with Gasteiger partial charge in [0.2, 0.25) is 0 Å². The fourth-order valence-corrected chi connectivity index (χ4v) is 8.68. The molecule has 292 valence electrons. The first-order chi connectivity index (χ1) is 25.4. The minimum atomic E-state index is -3.98. The molecule has 7 rings (SSSR count). The Bertz CT molecular complexity index is 2370. The molecule has 54 heavy (non-hydrogen) atoms. The van der Waals surface area contributed by atoms with E-state index in [1.807, 2.05) is 0 Å². The molecule has 19 heteroatoms. The number of ether oxygens (including phenoxy) is 2. The van der Waals surface area contributed by atoms with Gasteiger partial charge in [-0.05, 0) is 80.0 Å². The molecule has 0 aliphatic carbocycles. The number of hydrogen-bond acceptors (Lipinski definition) is 9. The summed E-state index contributed by atoms with van der Waals surface area (Å²) in [4.78, 5) is 18.7. The monoisotopic (exact) mass is 815 g/mol. The van der Waals surface area contributed by atoms with Crippen LogP contribution in [0, 0.1) is 11.8 Å². The van der Waals surface area contributed by atoms with E-state index < -0.39 is 30.9 Å². The van der Waals surface area contributed by atoms with Crippen LogP contribution in [0.15, 0.2) is 64.6 Å². The van der Waals surface area contributed by atoms with E-state index in [1.165, 1.54) is 64.0 Å². The average Bonchev–Trinajstić information content (AvgIpc) is 3.85. The van der Waals surface area contributed by atoms with Crippen LogP contribution in [0.5, 0.6) is 0 Å². The lowest BCUT2D eigenvalue weighted by Gasteiger charge is -2.24. The second kappa shape index (κ2) is 15.4. The van der Waals surface area contributed by atoms with Gasteiger partial charge in [-0.1, -0.05) is 0 Å². The van der Waals surface area contributed by atoms with Crippen molar-refractivity contribution >= 4 is 58.1 Å². The molecule has 0 spiro atoms. The molecule has 0 atom stereocenters. The van der Waals surface area contributed by atoms with Gasteiger partial charge in [0, 0.05) is 82.0 Å². The van der Waals surface area contributed by atoms with Gasteiger partial charge in [-0.25, -0.2) is 30.8 Å². The van der Waals surface area contributed by atoms with Crippen molar-refractivity contribution < 1.29 is 48.7 Å². The summed E-state index contributed by atoms with van der Waals surface area (Å²) in [7, 11) is -2.60. The maximum atomic E-state index is 14.3. The fourth-order valence-electron chi connectivity index (χ4n) is 6.68. The van der Waals surface area contributed by atoms with Crippen LogP contribution < -0.4 is 0 Å². The van der Waals surface area contributed by atoms with Gasteiger partial charge in [-0.3, -0.25) is 4.79 Å². The number of alkyl halides is 4. The van der Waals surface area contributed by atoms with E-state index in [-0.39, 0.29) is 49.9 Å². The molecule has 5 aromatic rings. The van der Waals surface area contributed by atoms with E-state index in [0.29, 0.717) is 56.8 Å². The largest absolute Gasteiger partial charge is 0.381 e. The standard InChI is InChI=1S/C20H21F2N3O4S.C15H17ClF2N2O3S/c1-20(21,22)19-23-17-10-16(30(27,28)24-7-4-15(11-24)13-26)2-3-18(17)25(19)12-14-5-8-29-9-6-14;1-15(17,18)14-19-12-8-11(24(16,21)22)2-3-13(12)20(14)9-10-4-6-23-7-5-10/h2-4,7,10-11,13-14H,5-6,8-9,12H2,1H3;2-3,8,10H,4-7,9H2,1H3. The van der Waals surface area contributed by atoms with Gasteiger partial charge in [0.1, 0.15) is 0 Å². The van der Waals surface area contributed by atoms with Gasteiger partial charge in [-0.2, -0.15) is 17.6 Å². The molecule has 0 N–H and O–H groups in total. The Balaban J connectivity index is 0.000000189. The fraction of sp³-hybridized carbons (Fsp3) is 0.457. The summed E-state index contributed by atoms with van der Waals surface area (Å²) in [5, 5.41) is 0. The van der Waals surface area contributed by atoms with Crippen LogP contribution in [0.1, 0.15) is 61.5 Å². The number of fused-ring (bicyclic) bond motifs is 2. The Labute approximate surface area is 313 Å². The SMILES string of the molecule is CC(F)(F)c1nc2cc(S(=O)(=O)Cl)ccc2n1CC1CCOCC1.CC(F)(F)c1nc2cc(S(=O)(=O)n3ccc(C=O)c3)ccc2n1CC1CCOCC1. The molecule has 5 heterocycles. The van der Waals surface area contributed by atoms with Crippen LogP contribution in [0.25, 0.3) is 22.1 Å². The highest BCUT2D eigenvalue weighted by Crippen LogP contribution is 2.34. The second-order valence-electron chi connectivity index (χ2n) is 13.6. The quantitative estimate of drug-likeness (QED) is 0.0833. The first-order valence-corrected chi connectivity index (χ1v) is 20.9. The van der Waals surface area contributed by atoms with E-state index in [9.17, 15) is 39.2 Å².